The minimum Gasteiger partial charge on any atom is -0.467 e. The van der Waals surface area contributed by atoms with E-state index in [1.165, 1.54) is 17.0 Å². The number of thiophene rings is 1. The molecule has 1 aromatic carbocycles. The Bertz CT molecular complexity index is 1490. The lowest BCUT2D eigenvalue weighted by Gasteiger charge is -2.33. The Labute approximate surface area is 224 Å². The molecule has 4 aromatic rings. The molecule has 1 aliphatic rings. The van der Waals surface area contributed by atoms with Gasteiger partial charge >= 0.3 is 0 Å². The summed E-state index contributed by atoms with van der Waals surface area (Å²) in [4.78, 5) is 30.0. The second-order valence-electron chi connectivity index (χ2n) is 10.5. The summed E-state index contributed by atoms with van der Waals surface area (Å²) in [6, 6.07) is 13.4. The van der Waals surface area contributed by atoms with Crippen LogP contribution in [0.25, 0.3) is 11.3 Å². The van der Waals surface area contributed by atoms with E-state index in [9.17, 15) is 14.9 Å². The molecule has 196 valence electrons. The van der Waals surface area contributed by atoms with Crippen molar-refractivity contribution in [2.45, 2.75) is 46.6 Å². The minimum absolute atomic E-state index is 0.00273. The van der Waals surface area contributed by atoms with Crippen LogP contribution in [-0.2, 0) is 19.4 Å². The fourth-order valence-corrected chi connectivity index (χ4v) is 6.05. The van der Waals surface area contributed by atoms with Gasteiger partial charge in [0.15, 0.2) is 0 Å². The molecule has 1 aliphatic carbocycles. The first-order valence-electron chi connectivity index (χ1n) is 12.5. The normalized spacial score (nSPS) is 15.5. The van der Waals surface area contributed by atoms with Crippen LogP contribution in [0.4, 0.5) is 10.7 Å². The summed E-state index contributed by atoms with van der Waals surface area (Å²) in [6.07, 6.45) is 5.98. The number of benzene rings is 1. The zero-order valence-electron chi connectivity index (χ0n) is 21.5. The quantitative estimate of drug-likeness (QED) is 0.152. The average Bonchev–Trinajstić information content (AvgIpc) is 3.65. The zero-order valence-corrected chi connectivity index (χ0v) is 22.3. The number of amides is 1. The van der Waals surface area contributed by atoms with Crippen molar-refractivity contribution < 1.29 is 18.6 Å². The molecule has 0 radical (unpaired) electrons. The molecule has 1 atom stereocenters. The van der Waals surface area contributed by atoms with Crippen molar-refractivity contribution in [3.05, 3.63) is 92.4 Å². The summed E-state index contributed by atoms with van der Waals surface area (Å²) in [5, 5.41) is 14.8. The van der Waals surface area contributed by atoms with E-state index >= 15 is 0 Å². The lowest BCUT2D eigenvalue weighted by Crippen LogP contribution is -2.28. The van der Waals surface area contributed by atoms with Crippen LogP contribution in [0.2, 0.25) is 0 Å². The molecule has 3 aromatic heterocycles. The summed E-state index contributed by atoms with van der Waals surface area (Å²) in [5.74, 6) is 2.05. The Kier molecular flexibility index (Phi) is 7.03. The van der Waals surface area contributed by atoms with Crippen molar-refractivity contribution in [2.24, 2.45) is 16.3 Å². The summed E-state index contributed by atoms with van der Waals surface area (Å²) in [7, 11) is 0. The number of nitro benzene ring substituents is 1. The van der Waals surface area contributed by atoms with Gasteiger partial charge in [-0.2, -0.15) is 0 Å². The van der Waals surface area contributed by atoms with E-state index < -0.39 is 4.92 Å². The first-order valence-corrected chi connectivity index (χ1v) is 13.3. The lowest BCUT2D eigenvalue weighted by molar-refractivity contribution is -0.384. The van der Waals surface area contributed by atoms with Gasteiger partial charge in [0, 0.05) is 22.6 Å². The number of nitrogens with one attached hydrogen (secondary N) is 1. The van der Waals surface area contributed by atoms with E-state index in [2.05, 4.69) is 26.1 Å². The molecule has 0 unspecified atom stereocenters. The van der Waals surface area contributed by atoms with Gasteiger partial charge in [0.25, 0.3) is 11.6 Å². The van der Waals surface area contributed by atoms with Crippen LogP contribution in [-0.4, -0.2) is 17.0 Å². The molecule has 0 saturated carbocycles. The predicted molar refractivity (Wildman–Crippen MR) is 147 cm³/mol. The number of carbonyl (C=O) groups is 1. The van der Waals surface area contributed by atoms with Gasteiger partial charge in [-0.15, -0.1) is 11.3 Å². The third-order valence-electron chi connectivity index (χ3n) is 6.98. The second-order valence-corrected chi connectivity index (χ2v) is 11.6. The molecule has 0 fully saturated rings. The molecule has 0 spiro atoms. The zero-order chi connectivity index (χ0) is 26.9. The van der Waals surface area contributed by atoms with E-state index in [4.69, 9.17) is 13.8 Å². The van der Waals surface area contributed by atoms with Crippen LogP contribution in [0.1, 0.15) is 59.5 Å². The lowest BCUT2D eigenvalue weighted by atomic mass is 9.72. The van der Waals surface area contributed by atoms with Gasteiger partial charge in [0.1, 0.15) is 22.3 Å². The highest BCUT2D eigenvalue weighted by Crippen LogP contribution is 2.45. The standard InChI is InChI=1S/C29H29N3O5S/c1-29(2,3)19-9-11-23-25(15-19)38-28(26(23)27(33)30-16-21-8-5-13-36-21)31-17-22-10-12-24(37-22)18-6-4-7-20(14-18)32(34)35/h4-8,10,12-14,17,19H,9,11,15-16H2,1-3H3,(H,30,33)/t19-/m1/s1. The number of rotatable bonds is 7. The van der Waals surface area contributed by atoms with Crippen LogP contribution >= 0.6 is 11.3 Å². The first kappa shape index (κ1) is 25.7. The number of nitrogens with zero attached hydrogens (tertiary/aromatic N) is 2. The third kappa shape index (κ3) is 5.47. The number of fused-ring (bicyclic) bond motifs is 1. The molecule has 9 heteroatoms. The van der Waals surface area contributed by atoms with Gasteiger partial charge in [0.05, 0.1) is 29.5 Å². The molecule has 0 aliphatic heterocycles. The molecule has 3 heterocycles. The largest absolute Gasteiger partial charge is 0.467 e. The molecular formula is C29H29N3O5S. The molecule has 0 bridgehead atoms. The number of carbonyl (C=O) groups excluding carboxylic acids is 1. The fourth-order valence-electron chi connectivity index (χ4n) is 4.78. The number of hydrogen-bond acceptors (Lipinski definition) is 7. The maximum absolute atomic E-state index is 13.4. The van der Waals surface area contributed by atoms with Crippen LogP contribution in [0.15, 0.2) is 68.6 Å². The maximum Gasteiger partial charge on any atom is 0.270 e. The third-order valence-corrected chi connectivity index (χ3v) is 8.14. The maximum atomic E-state index is 13.4. The fraction of sp³-hybridized carbons (Fsp3) is 0.310. The van der Waals surface area contributed by atoms with Crippen molar-refractivity contribution in [1.82, 2.24) is 5.32 Å². The molecule has 1 amide bonds. The van der Waals surface area contributed by atoms with Crippen LogP contribution in [0.5, 0.6) is 0 Å². The number of non-ortho nitro benzene ring substituents is 1. The first-order chi connectivity index (χ1) is 18.2. The van der Waals surface area contributed by atoms with Crippen molar-refractivity contribution in [2.75, 3.05) is 0 Å². The highest BCUT2D eigenvalue weighted by atomic mass is 32.1. The van der Waals surface area contributed by atoms with E-state index in [0.717, 1.165) is 24.8 Å². The summed E-state index contributed by atoms with van der Waals surface area (Å²) < 4.78 is 11.3. The molecule has 5 rings (SSSR count). The van der Waals surface area contributed by atoms with E-state index in [0.29, 0.717) is 45.9 Å². The van der Waals surface area contributed by atoms with Crippen molar-refractivity contribution in [3.8, 4) is 11.3 Å². The van der Waals surface area contributed by atoms with Gasteiger partial charge in [-0.3, -0.25) is 14.9 Å². The second kappa shape index (κ2) is 10.4. The average molecular weight is 532 g/mol. The summed E-state index contributed by atoms with van der Waals surface area (Å²) >= 11 is 1.56. The Morgan fingerprint density at radius 1 is 1.24 bits per heavy atom. The van der Waals surface area contributed by atoms with Crippen LogP contribution < -0.4 is 5.32 Å². The van der Waals surface area contributed by atoms with Gasteiger partial charge < -0.3 is 14.2 Å². The highest BCUT2D eigenvalue weighted by Gasteiger charge is 2.33. The van der Waals surface area contributed by atoms with Gasteiger partial charge in [-0.05, 0) is 60.4 Å². The minimum atomic E-state index is -0.434. The molecule has 38 heavy (non-hydrogen) atoms. The number of furan rings is 2. The highest BCUT2D eigenvalue weighted by molar-refractivity contribution is 7.16. The topological polar surface area (TPSA) is 111 Å². The van der Waals surface area contributed by atoms with Crippen molar-refractivity contribution >= 4 is 34.1 Å². The van der Waals surface area contributed by atoms with Gasteiger partial charge in [-0.25, -0.2) is 4.99 Å². The Balaban J connectivity index is 1.43. The molecular weight excluding hydrogens is 502 g/mol. The number of nitro groups is 1. The van der Waals surface area contributed by atoms with Crippen molar-refractivity contribution in [3.63, 3.8) is 0 Å². The number of aliphatic imine (C=N–C) groups is 1. The van der Waals surface area contributed by atoms with Crippen LogP contribution in [0.3, 0.4) is 0 Å². The smallest absolute Gasteiger partial charge is 0.270 e. The van der Waals surface area contributed by atoms with Crippen LogP contribution in [0, 0.1) is 21.4 Å². The Hall–Kier alpha value is -3.98. The van der Waals surface area contributed by atoms with Crippen molar-refractivity contribution in [1.29, 1.82) is 0 Å². The van der Waals surface area contributed by atoms with E-state index in [1.54, 1.807) is 54.1 Å². The summed E-state index contributed by atoms with van der Waals surface area (Å²) in [5.41, 5.74) is 2.49. The predicted octanol–water partition coefficient (Wildman–Crippen LogP) is 7.34. The summed E-state index contributed by atoms with van der Waals surface area (Å²) in [6.45, 7) is 7.10. The van der Waals surface area contributed by atoms with Gasteiger partial charge in [-0.1, -0.05) is 32.9 Å². The van der Waals surface area contributed by atoms with E-state index in [1.807, 2.05) is 6.07 Å². The monoisotopic (exact) mass is 531 g/mol. The van der Waals surface area contributed by atoms with Gasteiger partial charge in [0.2, 0.25) is 0 Å². The Morgan fingerprint density at radius 3 is 2.82 bits per heavy atom. The van der Waals surface area contributed by atoms with E-state index in [-0.39, 0.29) is 17.0 Å². The molecule has 1 N–H and O–H groups in total. The SMILES string of the molecule is CC(C)(C)[C@@H]1CCc2c(sc(N=Cc3ccc(-c4cccc([N+](=O)[O-])c4)o3)c2C(=O)NCc2ccco2)C1. The molecule has 0 saturated heterocycles. The Morgan fingerprint density at radius 2 is 2.08 bits per heavy atom. The number of hydrogen-bond donors (Lipinski definition) is 1. The molecule has 8 nitrogen and oxygen atoms in total.